The van der Waals surface area contributed by atoms with E-state index < -0.39 is 21.2 Å². The van der Waals surface area contributed by atoms with Crippen LogP contribution < -0.4 is 5.43 Å². The highest BCUT2D eigenvalue weighted by atomic mass is 79.9. The molecule has 2 aromatic carbocycles. The second-order valence-corrected chi connectivity index (χ2v) is 7.64. The van der Waals surface area contributed by atoms with E-state index in [1.165, 1.54) is 12.3 Å². The van der Waals surface area contributed by atoms with Crippen LogP contribution in [0.2, 0.25) is 0 Å². The fourth-order valence-corrected chi connectivity index (χ4v) is 2.82. The SMILES string of the molecule is CC(C)(C)c1cc(Br)cc(/C=N/Nc2ccc([N+](=O)[O-])cc2[N+](=O)[O-])c1O. The van der Waals surface area contributed by atoms with Gasteiger partial charge in [0.25, 0.3) is 5.69 Å². The van der Waals surface area contributed by atoms with Crippen LogP contribution in [0.4, 0.5) is 17.1 Å². The lowest BCUT2D eigenvalue weighted by molar-refractivity contribution is -0.393. The number of nitrogens with one attached hydrogen (secondary N) is 1. The van der Waals surface area contributed by atoms with Gasteiger partial charge in [-0.15, -0.1) is 0 Å². The lowest BCUT2D eigenvalue weighted by Crippen LogP contribution is -2.12. The Labute approximate surface area is 163 Å². The Morgan fingerprint density at radius 2 is 1.81 bits per heavy atom. The van der Waals surface area contributed by atoms with Crippen LogP contribution in [-0.2, 0) is 5.41 Å². The first-order valence-corrected chi connectivity index (χ1v) is 8.55. The van der Waals surface area contributed by atoms with Crippen molar-refractivity contribution in [1.29, 1.82) is 0 Å². The number of nitrogens with zero attached hydrogens (tertiary/aromatic N) is 3. The number of aromatic hydroxyl groups is 1. The molecule has 9 nitrogen and oxygen atoms in total. The number of hydrogen-bond donors (Lipinski definition) is 2. The van der Waals surface area contributed by atoms with Gasteiger partial charge < -0.3 is 5.11 Å². The van der Waals surface area contributed by atoms with E-state index in [1.54, 1.807) is 12.1 Å². The first-order chi connectivity index (χ1) is 12.5. The molecule has 0 saturated carbocycles. The van der Waals surface area contributed by atoms with Crippen LogP contribution in [-0.4, -0.2) is 21.2 Å². The summed E-state index contributed by atoms with van der Waals surface area (Å²) in [7, 11) is 0. The van der Waals surface area contributed by atoms with Gasteiger partial charge in [-0.1, -0.05) is 36.7 Å². The predicted octanol–water partition coefficient (Wildman–Crippen LogP) is 4.71. The normalized spacial score (nSPS) is 11.6. The van der Waals surface area contributed by atoms with E-state index in [0.29, 0.717) is 11.1 Å². The quantitative estimate of drug-likeness (QED) is 0.396. The van der Waals surface area contributed by atoms with Crippen LogP contribution in [0.5, 0.6) is 5.75 Å². The maximum absolute atomic E-state index is 11.1. The van der Waals surface area contributed by atoms with E-state index in [1.807, 2.05) is 20.8 Å². The molecule has 10 heteroatoms. The van der Waals surface area contributed by atoms with Gasteiger partial charge in [0.2, 0.25) is 0 Å². The summed E-state index contributed by atoms with van der Waals surface area (Å²) in [6.07, 6.45) is 1.32. The molecule has 0 unspecified atom stereocenters. The zero-order valence-corrected chi connectivity index (χ0v) is 16.3. The van der Waals surface area contributed by atoms with E-state index >= 15 is 0 Å². The zero-order valence-electron chi connectivity index (χ0n) is 14.8. The molecular formula is C17H17BrN4O5. The number of non-ortho nitro benzene ring substituents is 1. The van der Waals surface area contributed by atoms with Crippen LogP contribution in [0, 0.1) is 20.2 Å². The number of hydrogen-bond acceptors (Lipinski definition) is 7. The van der Waals surface area contributed by atoms with Gasteiger partial charge in [-0.3, -0.25) is 25.7 Å². The molecule has 0 saturated heterocycles. The summed E-state index contributed by atoms with van der Waals surface area (Å²) in [5, 5.41) is 36.3. The van der Waals surface area contributed by atoms with Gasteiger partial charge in [0.05, 0.1) is 22.1 Å². The molecule has 0 aromatic heterocycles. The summed E-state index contributed by atoms with van der Waals surface area (Å²) in [4.78, 5) is 20.4. The van der Waals surface area contributed by atoms with Crippen molar-refractivity contribution >= 4 is 39.2 Å². The van der Waals surface area contributed by atoms with Gasteiger partial charge in [0, 0.05) is 21.7 Å². The Morgan fingerprint density at radius 1 is 1.15 bits per heavy atom. The van der Waals surface area contributed by atoms with E-state index in [-0.39, 0.29) is 16.9 Å². The minimum absolute atomic E-state index is 0.00705. The van der Waals surface area contributed by atoms with Crippen LogP contribution in [0.3, 0.4) is 0 Å². The van der Waals surface area contributed by atoms with Gasteiger partial charge in [-0.05, 0) is 23.6 Å². The fraction of sp³-hybridized carbons (Fsp3) is 0.235. The van der Waals surface area contributed by atoms with Crippen molar-refractivity contribution in [2.45, 2.75) is 26.2 Å². The van der Waals surface area contributed by atoms with Crippen LogP contribution >= 0.6 is 15.9 Å². The number of phenols is 1. The van der Waals surface area contributed by atoms with Crippen molar-refractivity contribution in [3.05, 3.63) is 66.2 Å². The van der Waals surface area contributed by atoms with Crippen molar-refractivity contribution < 1.29 is 15.0 Å². The number of rotatable bonds is 5. The largest absolute Gasteiger partial charge is 0.507 e. The number of halogens is 1. The number of hydrazone groups is 1. The van der Waals surface area contributed by atoms with Crippen LogP contribution in [0.1, 0.15) is 31.9 Å². The van der Waals surface area contributed by atoms with Gasteiger partial charge in [0.1, 0.15) is 11.4 Å². The molecule has 2 rings (SSSR count). The highest BCUT2D eigenvalue weighted by Crippen LogP contribution is 2.35. The maximum atomic E-state index is 11.1. The highest BCUT2D eigenvalue weighted by molar-refractivity contribution is 9.10. The molecular weight excluding hydrogens is 420 g/mol. The van der Waals surface area contributed by atoms with E-state index in [0.717, 1.165) is 16.6 Å². The summed E-state index contributed by atoms with van der Waals surface area (Å²) >= 11 is 3.38. The van der Waals surface area contributed by atoms with Crippen molar-refractivity contribution in [3.8, 4) is 5.75 Å². The topological polar surface area (TPSA) is 131 Å². The van der Waals surface area contributed by atoms with Crippen molar-refractivity contribution in [1.82, 2.24) is 0 Å². The molecule has 0 radical (unpaired) electrons. The predicted molar refractivity (Wildman–Crippen MR) is 105 cm³/mol. The molecule has 142 valence electrons. The smallest absolute Gasteiger partial charge is 0.301 e. The third-order valence-electron chi connectivity index (χ3n) is 3.69. The number of benzene rings is 2. The lowest BCUT2D eigenvalue weighted by atomic mass is 9.85. The van der Waals surface area contributed by atoms with E-state index in [4.69, 9.17) is 0 Å². The highest BCUT2D eigenvalue weighted by Gasteiger charge is 2.21. The first kappa shape index (κ1) is 20.3. The standard InChI is InChI=1S/C17H17BrN4O5/c1-17(2,3)13-7-11(18)6-10(16(13)23)9-19-20-14-5-4-12(21(24)25)8-15(14)22(26)27/h4-9,20,23H,1-3H3/b19-9+. The van der Waals surface area contributed by atoms with Crippen molar-refractivity contribution in [2.24, 2.45) is 5.10 Å². The molecule has 0 spiro atoms. The maximum Gasteiger partial charge on any atom is 0.301 e. The average Bonchev–Trinajstić information content (AvgIpc) is 2.56. The summed E-state index contributed by atoms with van der Waals surface area (Å²) in [6, 6.07) is 6.65. The molecule has 27 heavy (non-hydrogen) atoms. The minimum Gasteiger partial charge on any atom is -0.507 e. The second kappa shape index (κ2) is 7.70. The number of phenolic OH excluding ortho intramolecular Hbond substituents is 1. The first-order valence-electron chi connectivity index (χ1n) is 7.75. The molecule has 2 aromatic rings. The Balaban J connectivity index is 2.35. The van der Waals surface area contributed by atoms with Gasteiger partial charge >= 0.3 is 5.69 Å². The third-order valence-corrected chi connectivity index (χ3v) is 4.15. The molecule has 0 amide bonds. The average molecular weight is 437 g/mol. The molecule has 0 atom stereocenters. The lowest BCUT2D eigenvalue weighted by Gasteiger charge is -2.21. The molecule has 0 aliphatic rings. The number of nitro groups is 2. The molecule has 2 N–H and O–H groups in total. The van der Waals surface area contributed by atoms with E-state index in [9.17, 15) is 25.3 Å². The van der Waals surface area contributed by atoms with Gasteiger partial charge in [-0.25, -0.2) is 0 Å². The molecule has 0 aliphatic carbocycles. The molecule has 0 bridgehead atoms. The summed E-state index contributed by atoms with van der Waals surface area (Å²) in [5.41, 5.74) is 2.43. The Morgan fingerprint density at radius 3 is 2.37 bits per heavy atom. The van der Waals surface area contributed by atoms with Crippen molar-refractivity contribution in [2.75, 3.05) is 5.43 Å². The molecule has 0 aliphatic heterocycles. The number of anilines is 1. The summed E-state index contributed by atoms with van der Waals surface area (Å²) < 4.78 is 0.744. The summed E-state index contributed by atoms with van der Waals surface area (Å²) in [6.45, 7) is 5.86. The third kappa shape index (κ3) is 4.79. The number of nitro benzene ring substituents is 2. The van der Waals surface area contributed by atoms with Crippen molar-refractivity contribution in [3.63, 3.8) is 0 Å². The van der Waals surface area contributed by atoms with Gasteiger partial charge in [-0.2, -0.15) is 5.10 Å². The van der Waals surface area contributed by atoms with Crippen LogP contribution in [0.15, 0.2) is 39.9 Å². The fourth-order valence-electron chi connectivity index (χ4n) is 2.34. The second-order valence-electron chi connectivity index (χ2n) is 6.73. The van der Waals surface area contributed by atoms with Crippen LogP contribution in [0.25, 0.3) is 0 Å². The summed E-state index contributed by atoms with van der Waals surface area (Å²) in [5.74, 6) is 0.0504. The monoisotopic (exact) mass is 436 g/mol. The Hall–Kier alpha value is -3.01. The molecule has 0 fully saturated rings. The van der Waals surface area contributed by atoms with Gasteiger partial charge in [0.15, 0.2) is 0 Å². The van der Waals surface area contributed by atoms with E-state index in [2.05, 4.69) is 26.5 Å². The Bertz CT molecular complexity index is 938. The zero-order chi connectivity index (χ0) is 20.4. The minimum atomic E-state index is -0.737. The molecule has 0 heterocycles. The Kier molecular flexibility index (Phi) is 5.79.